The van der Waals surface area contributed by atoms with Crippen LogP contribution in [0.5, 0.6) is 0 Å². The fourth-order valence-electron chi connectivity index (χ4n) is 3.42. The molecule has 0 spiro atoms. The number of halogens is 1. The van der Waals surface area contributed by atoms with E-state index >= 15 is 0 Å². The third kappa shape index (κ3) is 5.00. The number of benzene rings is 2. The van der Waals surface area contributed by atoms with Crippen LogP contribution in [0.4, 0.5) is 5.13 Å². The van der Waals surface area contributed by atoms with E-state index in [4.69, 9.17) is 11.6 Å². The molecule has 166 valence electrons. The van der Waals surface area contributed by atoms with Crippen LogP contribution in [-0.4, -0.2) is 36.8 Å². The van der Waals surface area contributed by atoms with Crippen molar-refractivity contribution in [3.05, 3.63) is 69.7 Å². The molecule has 5 rings (SSSR count). The summed E-state index contributed by atoms with van der Waals surface area (Å²) in [5, 5.41) is 13.8. The average molecular weight is 495 g/mol. The smallest absolute Gasteiger partial charge is 0.236 e. The standard InChI is InChI=1S/C23H19ClN6OS2/c1-2-13-3-5-14(6-4-13)9-16-11-25-22(33-16)27-19(31)12-32-23-28-21-20(29-30-23)17-10-15(24)7-8-18(17)26-21/h3-8,10-11H,2,9,12H2,1H3,(H,25,27,31)(H,26,28,30). The Morgan fingerprint density at radius 1 is 1.15 bits per heavy atom. The highest BCUT2D eigenvalue weighted by Crippen LogP contribution is 2.26. The molecule has 7 nitrogen and oxygen atoms in total. The van der Waals surface area contributed by atoms with Gasteiger partial charge in [0.2, 0.25) is 11.1 Å². The summed E-state index contributed by atoms with van der Waals surface area (Å²) >= 11 is 8.78. The lowest BCUT2D eigenvalue weighted by molar-refractivity contribution is -0.113. The normalized spacial score (nSPS) is 11.3. The van der Waals surface area contributed by atoms with Crippen LogP contribution in [0.1, 0.15) is 22.9 Å². The highest BCUT2D eigenvalue weighted by Gasteiger charge is 2.13. The minimum absolute atomic E-state index is 0.159. The molecule has 0 aliphatic carbocycles. The van der Waals surface area contributed by atoms with Crippen molar-refractivity contribution in [3.8, 4) is 0 Å². The van der Waals surface area contributed by atoms with Crippen LogP contribution in [-0.2, 0) is 17.6 Å². The molecule has 0 saturated carbocycles. The van der Waals surface area contributed by atoms with E-state index in [2.05, 4.69) is 61.7 Å². The summed E-state index contributed by atoms with van der Waals surface area (Å²) in [5.74, 6) is -0.00700. The van der Waals surface area contributed by atoms with Crippen LogP contribution < -0.4 is 5.32 Å². The molecule has 0 unspecified atom stereocenters. The van der Waals surface area contributed by atoms with Gasteiger partial charge >= 0.3 is 0 Å². The van der Waals surface area contributed by atoms with Crippen LogP contribution in [0, 0.1) is 0 Å². The number of anilines is 1. The van der Waals surface area contributed by atoms with Gasteiger partial charge in [0.05, 0.1) is 5.75 Å². The van der Waals surface area contributed by atoms with E-state index < -0.39 is 0 Å². The van der Waals surface area contributed by atoms with Crippen LogP contribution >= 0.6 is 34.7 Å². The highest BCUT2D eigenvalue weighted by molar-refractivity contribution is 7.99. The molecule has 1 amide bonds. The zero-order valence-corrected chi connectivity index (χ0v) is 20.0. The molecule has 3 aromatic heterocycles. The van der Waals surface area contributed by atoms with Gasteiger partial charge in [-0.2, -0.15) is 0 Å². The summed E-state index contributed by atoms with van der Waals surface area (Å²) in [7, 11) is 0. The van der Waals surface area contributed by atoms with Gasteiger partial charge in [-0.15, -0.1) is 21.5 Å². The first-order valence-corrected chi connectivity index (χ1v) is 12.5. The van der Waals surface area contributed by atoms with Crippen molar-refractivity contribution in [2.75, 3.05) is 11.1 Å². The number of aryl methyl sites for hydroxylation is 1. The van der Waals surface area contributed by atoms with Gasteiger partial charge < -0.3 is 10.3 Å². The number of carbonyl (C=O) groups excluding carboxylic acids is 1. The Morgan fingerprint density at radius 3 is 2.79 bits per heavy atom. The van der Waals surface area contributed by atoms with Crippen molar-refractivity contribution in [1.82, 2.24) is 25.1 Å². The zero-order chi connectivity index (χ0) is 22.8. The number of nitrogens with one attached hydrogen (secondary N) is 2. The van der Waals surface area contributed by atoms with Crippen molar-refractivity contribution < 1.29 is 4.79 Å². The van der Waals surface area contributed by atoms with Crippen LogP contribution in [0.15, 0.2) is 53.8 Å². The van der Waals surface area contributed by atoms with Gasteiger partial charge in [0.25, 0.3) is 0 Å². The van der Waals surface area contributed by atoms with Crippen molar-refractivity contribution >= 4 is 67.8 Å². The summed E-state index contributed by atoms with van der Waals surface area (Å²) in [6.07, 6.45) is 3.63. The number of aromatic amines is 1. The van der Waals surface area contributed by atoms with Crippen LogP contribution in [0.3, 0.4) is 0 Å². The fourth-order valence-corrected chi connectivity index (χ4v) is 5.04. The number of amides is 1. The van der Waals surface area contributed by atoms with Gasteiger partial charge in [-0.3, -0.25) is 4.79 Å². The predicted molar refractivity (Wildman–Crippen MR) is 134 cm³/mol. The molecule has 0 aliphatic heterocycles. The first-order valence-electron chi connectivity index (χ1n) is 10.3. The topological polar surface area (TPSA) is 96.5 Å². The fraction of sp³-hybridized carbons (Fsp3) is 0.174. The van der Waals surface area contributed by atoms with E-state index in [0.29, 0.717) is 26.5 Å². The Labute approximate surface area is 203 Å². The van der Waals surface area contributed by atoms with Gasteiger partial charge in [0.15, 0.2) is 10.8 Å². The van der Waals surface area contributed by atoms with Crippen molar-refractivity contribution in [2.45, 2.75) is 24.9 Å². The third-order valence-electron chi connectivity index (χ3n) is 5.10. The summed E-state index contributed by atoms with van der Waals surface area (Å²) in [6.45, 7) is 2.14. The minimum atomic E-state index is -0.166. The Hall–Kier alpha value is -3.01. The van der Waals surface area contributed by atoms with Crippen molar-refractivity contribution in [2.24, 2.45) is 0 Å². The Kier molecular flexibility index (Phi) is 6.26. The molecule has 0 aliphatic rings. The van der Waals surface area contributed by atoms with Gasteiger partial charge in [-0.1, -0.05) is 54.6 Å². The summed E-state index contributed by atoms with van der Waals surface area (Å²) < 4.78 is 0. The van der Waals surface area contributed by atoms with E-state index in [1.165, 1.54) is 34.2 Å². The van der Waals surface area contributed by atoms with E-state index in [1.807, 2.05) is 18.3 Å². The van der Waals surface area contributed by atoms with Gasteiger partial charge in [0.1, 0.15) is 5.52 Å². The minimum Gasteiger partial charge on any atom is -0.338 e. The number of nitrogens with zero attached hydrogens (tertiary/aromatic N) is 4. The molecular weight excluding hydrogens is 476 g/mol. The highest BCUT2D eigenvalue weighted by atomic mass is 35.5. The summed E-state index contributed by atoms with van der Waals surface area (Å²) in [6, 6.07) is 14.1. The number of H-pyrrole nitrogens is 1. The Balaban J connectivity index is 1.19. The maximum absolute atomic E-state index is 12.4. The van der Waals surface area contributed by atoms with Crippen molar-refractivity contribution in [3.63, 3.8) is 0 Å². The number of fused-ring (bicyclic) bond motifs is 3. The number of thioether (sulfide) groups is 1. The molecule has 0 atom stereocenters. The largest absolute Gasteiger partial charge is 0.338 e. The molecule has 2 aromatic carbocycles. The van der Waals surface area contributed by atoms with Crippen LogP contribution in [0.2, 0.25) is 5.02 Å². The number of thiazole rings is 1. The first-order chi connectivity index (χ1) is 16.1. The monoisotopic (exact) mass is 494 g/mol. The van der Waals surface area contributed by atoms with E-state index in [9.17, 15) is 4.79 Å². The lowest BCUT2D eigenvalue weighted by Gasteiger charge is -2.01. The molecule has 10 heteroatoms. The second-order valence-corrected chi connectivity index (χ2v) is 9.92. The third-order valence-corrected chi connectivity index (χ3v) is 7.08. The first kappa shape index (κ1) is 21.8. The molecule has 5 aromatic rings. The number of hydrogen-bond acceptors (Lipinski definition) is 7. The van der Waals surface area contributed by atoms with E-state index in [-0.39, 0.29) is 11.7 Å². The maximum Gasteiger partial charge on any atom is 0.236 e. The van der Waals surface area contributed by atoms with Gasteiger partial charge in [-0.05, 0) is 35.7 Å². The second kappa shape index (κ2) is 9.46. The molecular formula is C23H19ClN6OS2. The average Bonchev–Trinajstić information content (AvgIpc) is 3.41. The second-order valence-electron chi connectivity index (χ2n) is 7.42. The molecule has 0 fully saturated rings. The number of carbonyl (C=O) groups is 1. The van der Waals surface area contributed by atoms with Crippen LogP contribution in [0.25, 0.3) is 22.1 Å². The number of aromatic nitrogens is 5. The lowest BCUT2D eigenvalue weighted by atomic mass is 10.1. The number of rotatable bonds is 7. The SMILES string of the molecule is CCc1ccc(Cc2cnc(NC(=O)CSc3nnc4c(n3)[nH]c3ccc(Cl)cc34)s2)cc1. The molecule has 3 heterocycles. The van der Waals surface area contributed by atoms with E-state index in [0.717, 1.165) is 28.6 Å². The molecule has 0 bridgehead atoms. The van der Waals surface area contributed by atoms with Crippen molar-refractivity contribution in [1.29, 1.82) is 0 Å². The molecule has 2 N–H and O–H groups in total. The van der Waals surface area contributed by atoms with E-state index in [1.54, 1.807) is 6.07 Å². The molecule has 33 heavy (non-hydrogen) atoms. The number of hydrogen-bond donors (Lipinski definition) is 2. The Bertz CT molecular complexity index is 1450. The summed E-state index contributed by atoms with van der Waals surface area (Å²) in [5.41, 5.74) is 4.70. The lowest BCUT2D eigenvalue weighted by Crippen LogP contribution is -2.14. The quantitative estimate of drug-likeness (QED) is 0.290. The summed E-state index contributed by atoms with van der Waals surface area (Å²) in [4.78, 5) is 25.5. The maximum atomic E-state index is 12.4. The molecule has 0 saturated heterocycles. The van der Waals surface area contributed by atoms with Gasteiger partial charge in [-0.25, -0.2) is 9.97 Å². The molecule has 0 radical (unpaired) electrons. The zero-order valence-electron chi connectivity index (χ0n) is 17.6. The van der Waals surface area contributed by atoms with Gasteiger partial charge in [0, 0.05) is 33.4 Å². The Morgan fingerprint density at radius 2 is 1.97 bits per heavy atom. The predicted octanol–water partition coefficient (Wildman–Crippen LogP) is 5.50.